The Morgan fingerprint density at radius 1 is 1.11 bits per heavy atom. The molecule has 2 aromatic carbocycles. The molecular weight excluding hydrogens is 426 g/mol. The lowest BCUT2D eigenvalue weighted by molar-refractivity contribution is 0.0695. The van der Waals surface area contributed by atoms with Crippen LogP contribution in [-0.2, 0) is 6.42 Å². The van der Waals surface area contributed by atoms with Crippen LogP contribution in [-0.4, -0.2) is 16.1 Å². The molecule has 0 saturated heterocycles. The lowest BCUT2D eigenvalue weighted by Gasteiger charge is -2.17. The second-order valence-corrected chi connectivity index (χ2v) is 8.04. The van der Waals surface area contributed by atoms with Crippen molar-refractivity contribution in [3.8, 4) is 11.1 Å². The van der Waals surface area contributed by atoms with Gasteiger partial charge in [-0.3, -0.25) is 4.98 Å². The molecule has 0 spiro atoms. The Morgan fingerprint density at radius 3 is 2.30 bits per heavy atom. The van der Waals surface area contributed by atoms with E-state index in [1.54, 1.807) is 18.2 Å². The van der Waals surface area contributed by atoms with Crippen LogP contribution < -0.4 is 0 Å². The standard InChI is InChI=1S/C22H19BrClNO2/c1-13(2)21-18(15-5-7-16(23)8-6-15)12-19(22(26)27)20(25-21)11-14-3-9-17(24)10-4-14/h3-10,12-13H,11H2,1-2H3,(H,26,27). The van der Waals surface area contributed by atoms with Gasteiger partial charge in [0.2, 0.25) is 0 Å². The first-order valence-electron chi connectivity index (χ1n) is 8.62. The minimum atomic E-state index is -0.972. The van der Waals surface area contributed by atoms with Gasteiger partial charge >= 0.3 is 5.97 Å². The van der Waals surface area contributed by atoms with Gasteiger partial charge in [0.25, 0.3) is 0 Å². The number of nitrogens with zero attached hydrogens (tertiary/aromatic N) is 1. The highest BCUT2D eigenvalue weighted by atomic mass is 79.9. The molecule has 0 aliphatic rings. The van der Waals surface area contributed by atoms with Crippen molar-refractivity contribution in [2.45, 2.75) is 26.2 Å². The van der Waals surface area contributed by atoms with E-state index in [4.69, 9.17) is 16.6 Å². The number of hydrogen-bond acceptors (Lipinski definition) is 2. The molecule has 5 heteroatoms. The molecule has 0 bridgehead atoms. The summed E-state index contributed by atoms with van der Waals surface area (Å²) in [5.41, 5.74) is 4.47. The first-order chi connectivity index (χ1) is 12.8. The third kappa shape index (κ3) is 4.57. The lowest BCUT2D eigenvalue weighted by atomic mass is 9.93. The molecule has 1 N–H and O–H groups in total. The fourth-order valence-corrected chi connectivity index (χ4v) is 3.37. The van der Waals surface area contributed by atoms with Gasteiger partial charge in [-0.1, -0.05) is 65.6 Å². The summed E-state index contributed by atoms with van der Waals surface area (Å²) in [6, 6.07) is 17.0. The van der Waals surface area contributed by atoms with Gasteiger partial charge in [-0.05, 0) is 47.4 Å². The van der Waals surface area contributed by atoms with Crippen molar-refractivity contribution in [3.05, 3.63) is 86.6 Å². The Hall–Kier alpha value is -2.17. The zero-order valence-electron chi connectivity index (χ0n) is 15.0. The van der Waals surface area contributed by atoms with Crippen molar-refractivity contribution in [1.82, 2.24) is 4.98 Å². The molecule has 0 amide bonds. The summed E-state index contributed by atoms with van der Waals surface area (Å²) in [7, 11) is 0. The Morgan fingerprint density at radius 2 is 1.74 bits per heavy atom. The normalized spacial score (nSPS) is 11.0. The van der Waals surface area contributed by atoms with Crippen molar-refractivity contribution in [2.24, 2.45) is 0 Å². The van der Waals surface area contributed by atoms with E-state index in [1.807, 2.05) is 36.4 Å². The maximum absolute atomic E-state index is 11.9. The lowest BCUT2D eigenvalue weighted by Crippen LogP contribution is -2.10. The number of halogens is 2. The predicted molar refractivity (Wildman–Crippen MR) is 113 cm³/mol. The third-order valence-electron chi connectivity index (χ3n) is 4.35. The monoisotopic (exact) mass is 443 g/mol. The Kier molecular flexibility index (Phi) is 5.98. The van der Waals surface area contributed by atoms with Crippen molar-refractivity contribution in [3.63, 3.8) is 0 Å². The van der Waals surface area contributed by atoms with Crippen LogP contribution >= 0.6 is 27.5 Å². The number of aromatic nitrogens is 1. The van der Waals surface area contributed by atoms with E-state index >= 15 is 0 Å². The highest BCUT2D eigenvalue weighted by molar-refractivity contribution is 9.10. The summed E-state index contributed by atoms with van der Waals surface area (Å²) in [5.74, 6) is -0.810. The highest BCUT2D eigenvalue weighted by Gasteiger charge is 2.19. The van der Waals surface area contributed by atoms with E-state index < -0.39 is 5.97 Å². The average Bonchev–Trinajstić information content (AvgIpc) is 2.63. The molecule has 0 radical (unpaired) electrons. The molecule has 0 unspecified atom stereocenters. The molecule has 138 valence electrons. The number of rotatable bonds is 5. The Labute approximate surface area is 172 Å². The van der Waals surface area contributed by atoms with Crippen molar-refractivity contribution < 1.29 is 9.90 Å². The number of pyridine rings is 1. The summed E-state index contributed by atoms with van der Waals surface area (Å²) >= 11 is 9.39. The topological polar surface area (TPSA) is 50.2 Å². The van der Waals surface area contributed by atoms with Gasteiger partial charge in [0, 0.05) is 21.5 Å². The molecule has 1 heterocycles. The summed E-state index contributed by atoms with van der Waals surface area (Å²) < 4.78 is 0.975. The largest absolute Gasteiger partial charge is 0.478 e. The average molecular weight is 445 g/mol. The Bertz CT molecular complexity index is 967. The van der Waals surface area contributed by atoms with Gasteiger partial charge in [0.1, 0.15) is 0 Å². The van der Waals surface area contributed by atoms with Crippen LogP contribution in [0.4, 0.5) is 0 Å². The van der Waals surface area contributed by atoms with Gasteiger partial charge in [-0.2, -0.15) is 0 Å². The Balaban J connectivity index is 2.13. The number of aromatic carboxylic acids is 1. The zero-order chi connectivity index (χ0) is 19.6. The van der Waals surface area contributed by atoms with E-state index in [9.17, 15) is 9.90 Å². The number of hydrogen-bond donors (Lipinski definition) is 1. The molecule has 0 aliphatic heterocycles. The maximum atomic E-state index is 11.9. The summed E-state index contributed by atoms with van der Waals surface area (Å²) in [6.45, 7) is 4.13. The van der Waals surface area contributed by atoms with E-state index in [2.05, 4.69) is 29.8 Å². The first kappa shape index (κ1) is 19.6. The van der Waals surface area contributed by atoms with Gasteiger partial charge in [-0.25, -0.2) is 4.79 Å². The third-order valence-corrected chi connectivity index (χ3v) is 5.13. The SMILES string of the molecule is CC(C)c1nc(Cc2ccc(Cl)cc2)c(C(=O)O)cc1-c1ccc(Br)cc1. The van der Waals surface area contributed by atoms with E-state index in [0.717, 1.165) is 26.9 Å². The predicted octanol–water partition coefficient (Wildman–Crippen LogP) is 6.58. The first-order valence-corrected chi connectivity index (χ1v) is 9.79. The van der Waals surface area contributed by atoms with E-state index in [-0.39, 0.29) is 11.5 Å². The summed E-state index contributed by atoms with van der Waals surface area (Å²) in [6.07, 6.45) is 0.444. The van der Waals surface area contributed by atoms with Crippen LogP contribution in [0.1, 0.15) is 47.1 Å². The second kappa shape index (κ2) is 8.24. The minimum absolute atomic E-state index is 0.162. The molecule has 1 aromatic heterocycles. The molecule has 3 aromatic rings. The van der Waals surface area contributed by atoms with Crippen molar-refractivity contribution in [2.75, 3.05) is 0 Å². The molecule has 3 nitrogen and oxygen atoms in total. The van der Waals surface area contributed by atoms with Crippen LogP contribution in [0.3, 0.4) is 0 Å². The van der Waals surface area contributed by atoms with Crippen molar-refractivity contribution >= 4 is 33.5 Å². The fourth-order valence-electron chi connectivity index (χ4n) is 2.98. The molecule has 3 rings (SSSR count). The summed E-state index contributed by atoms with van der Waals surface area (Å²) in [4.78, 5) is 16.7. The smallest absolute Gasteiger partial charge is 0.337 e. The molecule has 0 aliphatic carbocycles. The van der Waals surface area contributed by atoms with E-state index in [1.165, 1.54) is 0 Å². The van der Waals surface area contributed by atoms with Crippen LogP contribution in [0, 0.1) is 0 Å². The van der Waals surface area contributed by atoms with Gasteiger partial charge in [0.15, 0.2) is 0 Å². The quantitative estimate of drug-likeness (QED) is 0.484. The number of carboxylic acids is 1. The van der Waals surface area contributed by atoms with Crippen LogP contribution in [0.25, 0.3) is 11.1 Å². The number of carboxylic acid groups (broad SMARTS) is 1. The number of benzene rings is 2. The highest BCUT2D eigenvalue weighted by Crippen LogP contribution is 2.31. The fraction of sp³-hybridized carbons (Fsp3) is 0.182. The second-order valence-electron chi connectivity index (χ2n) is 6.69. The maximum Gasteiger partial charge on any atom is 0.337 e. The van der Waals surface area contributed by atoms with Gasteiger partial charge in [0.05, 0.1) is 17.0 Å². The van der Waals surface area contributed by atoms with Crippen LogP contribution in [0.15, 0.2) is 59.1 Å². The number of carbonyl (C=O) groups is 1. The molecular formula is C22H19BrClNO2. The molecule has 0 saturated carbocycles. The molecule has 0 atom stereocenters. The summed E-state index contributed by atoms with van der Waals surface area (Å²) in [5, 5.41) is 10.4. The van der Waals surface area contributed by atoms with Gasteiger partial charge in [-0.15, -0.1) is 0 Å². The molecule has 27 heavy (non-hydrogen) atoms. The van der Waals surface area contributed by atoms with Crippen molar-refractivity contribution in [1.29, 1.82) is 0 Å². The van der Waals surface area contributed by atoms with Crippen LogP contribution in [0.2, 0.25) is 5.02 Å². The van der Waals surface area contributed by atoms with E-state index in [0.29, 0.717) is 17.1 Å². The molecule has 0 fully saturated rings. The van der Waals surface area contributed by atoms with Gasteiger partial charge < -0.3 is 5.11 Å². The minimum Gasteiger partial charge on any atom is -0.478 e. The zero-order valence-corrected chi connectivity index (χ0v) is 17.4. The van der Waals surface area contributed by atoms with Crippen LogP contribution in [0.5, 0.6) is 0 Å².